The van der Waals surface area contributed by atoms with Gasteiger partial charge in [-0.3, -0.25) is 10.1 Å². The maximum absolute atomic E-state index is 11.1. The SMILES string of the molecule is CCC(CC)n1nc(CC(C)C)c([N+](=O)[O-])c1Cl. The van der Waals surface area contributed by atoms with E-state index in [0.29, 0.717) is 18.0 Å². The van der Waals surface area contributed by atoms with Gasteiger partial charge in [0.2, 0.25) is 5.15 Å². The molecule has 18 heavy (non-hydrogen) atoms. The van der Waals surface area contributed by atoms with Crippen LogP contribution in [0.25, 0.3) is 0 Å². The Balaban J connectivity index is 3.26. The maximum Gasteiger partial charge on any atom is 0.329 e. The van der Waals surface area contributed by atoms with Gasteiger partial charge in [0.15, 0.2) is 0 Å². The van der Waals surface area contributed by atoms with Crippen molar-refractivity contribution in [2.24, 2.45) is 5.92 Å². The van der Waals surface area contributed by atoms with Crippen LogP contribution in [0.3, 0.4) is 0 Å². The quantitative estimate of drug-likeness (QED) is 0.581. The van der Waals surface area contributed by atoms with Crippen LogP contribution in [0.5, 0.6) is 0 Å². The van der Waals surface area contributed by atoms with Crippen LogP contribution in [-0.2, 0) is 6.42 Å². The van der Waals surface area contributed by atoms with Gasteiger partial charge in [-0.05, 0) is 18.8 Å². The smallest absolute Gasteiger partial charge is 0.258 e. The fourth-order valence-electron chi connectivity index (χ4n) is 2.03. The van der Waals surface area contributed by atoms with E-state index in [-0.39, 0.29) is 16.9 Å². The van der Waals surface area contributed by atoms with E-state index in [1.165, 1.54) is 0 Å². The highest BCUT2D eigenvalue weighted by Gasteiger charge is 2.28. The third-order valence-electron chi connectivity index (χ3n) is 2.97. The van der Waals surface area contributed by atoms with E-state index >= 15 is 0 Å². The highest BCUT2D eigenvalue weighted by molar-refractivity contribution is 6.31. The summed E-state index contributed by atoms with van der Waals surface area (Å²) in [6, 6.07) is 0.122. The van der Waals surface area contributed by atoms with E-state index < -0.39 is 4.92 Å². The summed E-state index contributed by atoms with van der Waals surface area (Å²) in [5.41, 5.74) is 0.462. The number of rotatable bonds is 6. The molecule has 1 rings (SSSR count). The van der Waals surface area contributed by atoms with Crippen LogP contribution >= 0.6 is 11.6 Å². The van der Waals surface area contributed by atoms with Crippen LogP contribution in [0.2, 0.25) is 5.15 Å². The molecule has 6 heteroatoms. The molecule has 0 aliphatic rings. The van der Waals surface area contributed by atoms with Crippen LogP contribution in [0.15, 0.2) is 0 Å². The lowest BCUT2D eigenvalue weighted by molar-refractivity contribution is -0.385. The van der Waals surface area contributed by atoms with E-state index in [9.17, 15) is 10.1 Å². The van der Waals surface area contributed by atoms with Gasteiger partial charge in [-0.1, -0.05) is 39.3 Å². The Hall–Kier alpha value is -1.10. The molecule has 0 amide bonds. The van der Waals surface area contributed by atoms with Crippen molar-refractivity contribution in [3.63, 3.8) is 0 Å². The van der Waals surface area contributed by atoms with Crippen LogP contribution in [0, 0.1) is 16.0 Å². The number of hydrogen-bond donors (Lipinski definition) is 0. The molecule has 0 atom stereocenters. The first kappa shape index (κ1) is 15.0. The summed E-state index contributed by atoms with van der Waals surface area (Å²) in [6.45, 7) is 8.07. The van der Waals surface area contributed by atoms with Crippen molar-refractivity contribution in [2.45, 2.75) is 53.0 Å². The predicted molar refractivity (Wildman–Crippen MR) is 72.1 cm³/mol. The van der Waals surface area contributed by atoms with E-state index in [0.717, 1.165) is 12.8 Å². The molecule has 102 valence electrons. The second kappa shape index (κ2) is 6.18. The van der Waals surface area contributed by atoms with Gasteiger partial charge in [0.05, 0.1) is 11.0 Å². The summed E-state index contributed by atoms with van der Waals surface area (Å²) in [5, 5.41) is 15.6. The Morgan fingerprint density at radius 3 is 2.33 bits per heavy atom. The molecule has 0 aliphatic heterocycles. The second-order valence-corrected chi connectivity index (χ2v) is 5.21. The lowest BCUT2D eigenvalue weighted by Gasteiger charge is -2.13. The molecule has 0 fully saturated rings. The zero-order valence-electron chi connectivity index (χ0n) is 11.3. The number of halogens is 1. The highest BCUT2D eigenvalue weighted by atomic mass is 35.5. The van der Waals surface area contributed by atoms with Gasteiger partial charge in [0.25, 0.3) is 0 Å². The van der Waals surface area contributed by atoms with Crippen molar-refractivity contribution in [2.75, 3.05) is 0 Å². The standard InChI is InChI=1S/C12H20ClN3O2/c1-5-9(6-2)15-12(13)11(16(17)18)10(14-15)7-8(3)4/h8-9H,5-7H2,1-4H3. The molecule has 1 aromatic rings. The molecule has 5 nitrogen and oxygen atoms in total. The number of hydrogen-bond acceptors (Lipinski definition) is 3. The van der Waals surface area contributed by atoms with Crippen molar-refractivity contribution in [3.05, 3.63) is 21.0 Å². The average Bonchev–Trinajstić information content (AvgIpc) is 2.57. The Kier molecular flexibility index (Phi) is 5.14. The van der Waals surface area contributed by atoms with Crippen LogP contribution in [0.1, 0.15) is 52.3 Å². The number of nitro groups is 1. The molecule has 0 radical (unpaired) electrons. The van der Waals surface area contributed by atoms with Gasteiger partial charge < -0.3 is 0 Å². The van der Waals surface area contributed by atoms with Gasteiger partial charge in [0, 0.05) is 6.42 Å². The molecular weight excluding hydrogens is 254 g/mol. The van der Waals surface area contributed by atoms with Crippen molar-refractivity contribution in [1.29, 1.82) is 0 Å². The molecule has 0 aromatic carbocycles. The molecule has 0 N–H and O–H groups in total. The third-order valence-corrected chi connectivity index (χ3v) is 3.32. The van der Waals surface area contributed by atoms with E-state index in [1.54, 1.807) is 4.68 Å². The highest BCUT2D eigenvalue weighted by Crippen LogP contribution is 2.33. The van der Waals surface area contributed by atoms with Crippen LogP contribution in [0.4, 0.5) is 5.69 Å². The zero-order chi connectivity index (χ0) is 13.9. The normalized spacial score (nSPS) is 11.5. The average molecular weight is 274 g/mol. The summed E-state index contributed by atoms with van der Waals surface area (Å²) < 4.78 is 1.61. The molecule has 0 saturated heterocycles. The predicted octanol–water partition coefficient (Wildman–Crippen LogP) is 4.00. The van der Waals surface area contributed by atoms with Gasteiger partial charge in [0.1, 0.15) is 5.69 Å². The van der Waals surface area contributed by atoms with Gasteiger partial charge in [-0.2, -0.15) is 5.10 Å². The van der Waals surface area contributed by atoms with Gasteiger partial charge >= 0.3 is 5.69 Å². The first-order valence-corrected chi connectivity index (χ1v) is 6.71. The minimum Gasteiger partial charge on any atom is -0.258 e. The summed E-state index contributed by atoms with van der Waals surface area (Å²) in [7, 11) is 0. The minimum absolute atomic E-state index is 0.0303. The topological polar surface area (TPSA) is 61.0 Å². The molecular formula is C12H20ClN3O2. The van der Waals surface area contributed by atoms with Crippen LogP contribution < -0.4 is 0 Å². The van der Waals surface area contributed by atoms with Crippen molar-refractivity contribution >= 4 is 17.3 Å². The van der Waals surface area contributed by atoms with E-state index in [1.807, 2.05) is 27.7 Å². The zero-order valence-corrected chi connectivity index (χ0v) is 12.1. The summed E-state index contributed by atoms with van der Waals surface area (Å²) in [6.07, 6.45) is 2.29. The Morgan fingerprint density at radius 2 is 1.94 bits per heavy atom. The Labute approximate surface area is 112 Å². The molecule has 0 spiro atoms. The van der Waals surface area contributed by atoms with Gasteiger partial charge in [-0.15, -0.1) is 0 Å². The largest absolute Gasteiger partial charge is 0.329 e. The first-order valence-electron chi connectivity index (χ1n) is 6.33. The molecule has 0 bridgehead atoms. The van der Waals surface area contributed by atoms with Crippen molar-refractivity contribution in [3.8, 4) is 0 Å². The fraction of sp³-hybridized carbons (Fsp3) is 0.750. The molecule has 0 unspecified atom stereocenters. The van der Waals surface area contributed by atoms with Crippen molar-refractivity contribution < 1.29 is 4.92 Å². The van der Waals surface area contributed by atoms with E-state index in [4.69, 9.17) is 11.6 Å². The molecule has 0 saturated carbocycles. The van der Waals surface area contributed by atoms with Crippen molar-refractivity contribution in [1.82, 2.24) is 9.78 Å². The summed E-state index contributed by atoms with van der Waals surface area (Å²) >= 11 is 6.12. The number of aromatic nitrogens is 2. The summed E-state index contributed by atoms with van der Waals surface area (Å²) in [5.74, 6) is 0.310. The third kappa shape index (κ3) is 3.02. The summed E-state index contributed by atoms with van der Waals surface area (Å²) in [4.78, 5) is 10.7. The fourth-order valence-corrected chi connectivity index (χ4v) is 2.38. The molecule has 0 aliphatic carbocycles. The van der Waals surface area contributed by atoms with Gasteiger partial charge in [-0.25, -0.2) is 4.68 Å². The molecule has 1 heterocycles. The maximum atomic E-state index is 11.1. The molecule has 1 aromatic heterocycles. The van der Waals surface area contributed by atoms with Crippen LogP contribution in [-0.4, -0.2) is 14.7 Å². The monoisotopic (exact) mass is 273 g/mol. The lowest BCUT2D eigenvalue weighted by atomic mass is 10.1. The Morgan fingerprint density at radius 1 is 1.39 bits per heavy atom. The first-order chi connectivity index (χ1) is 8.42. The number of nitrogens with zero attached hydrogens (tertiary/aromatic N) is 3. The second-order valence-electron chi connectivity index (χ2n) is 4.86. The minimum atomic E-state index is -0.425. The lowest BCUT2D eigenvalue weighted by Crippen LogP contribution is -2.09. The Bertz CT molecular complexity index is 425. The van der Waals surface area contributed by atoms with E-state index in [2.05, 4.69) is 5.10 Å².